The SMILES string of the molecule is N#Cc1ccccc1CNCCc1ccc(Br)s1. The number of hydrogen-bond acceptors (Lipinski definition) is 3. The summed E-state index contributed by atoms with van der Waals surface area (Å²) in [6, 6.07) is 14.1. The molecule has 2 rings (SSSR count). The number of nitrogens with zero attached hydrogens (tertiary/aromatic N) is 1. The van der Waals surface area contributed by atoms with Crippen LogP contribution in [0.5, 0.6) is 0 Å². The third kappa shape index (κ3) is 3.67. The van der Waals surface area contributed by atoms with Crippen molar-refractivity contribution in [2.75, 3.05) is 6.54 Å². The zero-order valence-corrected chi connectivity index (χ0v) is 12.2. The van der Waals surface area contributed by atoms with Gasteiger partial charge in [-0.15, -0.1) is 11.3 Å². The van der Waals surface area contributed by atoms with Gasteiger partial charge in [0.25, 0.3) is 0 Å². The van der Waals surface area contributed by atoms with E-state index in [0.29, 0.717) is 0 Å². The molecule has 0 aliphatic heterocycles. The lowest BCUT2D eigenvalue weighted by atomic mass is 10.1. The van der Waals surface area contributed by atoms with E-state index < -0.39 is 0 Å². The van der Waals surface area contributed by atoms with Gasteiger partial charge in [-0.2, -0.15) is 5.26 Å². The normalized spacial score (nSPS) is 10.2. The van der Waals surface area contributed by atoms with Gasteiger partial charge >= 0.3 is 0 Å². The summed E-state index contributed by atoms with van der Waals surface area (Å²) in [5, 5.41) is 12.3. The minimum atomic E-state index is 0.746. The van der Waals surface area contributed by atoms with Crippen LogP contribution in [0.15, 0.2) is 40.2 Å². The van der Waals surface area contributed by atoms with Gasteiger partial charge in [-0.05, 0) is 46.1 Å². The van der Waals surface area contributed by atoms with E-state index >= 15 is 0 Å². The highest BCUT2D eigenvalue weighted by Gasteiger charge is 2.01. The molecule has 0 unspecified atom stereocenters. The van der Waals surface area contributed by atoms with Gasteiger partial charge in [0.05, 0.1) is 15.4 Å². The molecular weight excluding hydrogens is 308 g/mol. The lowest BCUT2D eigenvalue weighted by molar-refractivity contribution is 0.689. The van der Waals surface area contributed by atoms with Crippen molar-refractivity contribution in [3.63, 3.8) is 0 Å². The van der Waals surface area contributed by atoms with Gasteiger partial charge in [0.15, 0.2) is 0 Å². The topological polar surface area (TPSA) is 35.8 Å². The van der Waals surface area contributed by atoms with Crippen LogP contribution < -0.4 is 5.32 Å². The molecule has 0 saturated carbocycles. The fourth-order valence-corrected chi connectivity index (χ4v) is 3.19. The minimum Gasteiger partial charge on any atom is -0.312 e. The second-order valence-electron chi connectivity index (χ2n) is 3.90. The van der Waals surface area contributed by atoms with Crippen molar-refractivity contribution >= 4 is 27.3 Å². The zero-order chi connectivity index (χ0) is 12.8. The zero-order valence-electron chi connectivity index (χ0n) is 9.82. The molecule has 0 aliphatic rings. The van der Waals surface area contributed by atoms with Gasteiger partial charge in [-0.1, -0.05) is 18.2 Å². The summed E-state index contributed by atoms with van der Waals surface area (Å²) in [6.07, 6.45) is 1.02. The van der Waals surface area contributed by atoms with E-state index in [9.17, 15) is 0 Å². The summed E-state index contributed by atoms with van der Waals surface area (Å²) in [5.41, 5.74) is 1.82. The molecule has 0 atom stereocenters. The molecule has 1 aromatic heterocycles. The van der Waals surface area contributed by atoms with Crippen LogP contribution >= 0.6 is 27.3 Å². The molecule has 0 amide bonds. The highest BCUT2D eigenvalue weighted by atomic mass is 79.9. The van der Waals surface area contributed by atoms with Crippen LogP contribution in [0.2, 0.25) is 0 Å². The number of hydrogen-bond donors (Lipinski definition) is 1. The monoisotopic (exact) mass is 320 g/mol. The van der Waals surface area contributed by atoms with Crippen molar-refractivity contribution in [1.82, 2.24) is 5.32 Å². The minimum absolute atomic E-state index is 0.746. The van der Waals surface area contributed by atoms with Gasteiger partial charge in [0.2, 0.25) is 0 Å². The molecule has 0 bridgehead atoms. The molecule has 2 nitrogen and oxygen atoms in total. The molecule has 1 heterocycles. The van der Waals surface area contributed by atoms with Crippen molar-refractivity contribution in [2.45, 2.75) is 13.0 Å². The molecule has 4 heteroatoms. The van der Waals surface area contributed by atoms with Gasteiger partial charge in [-0.25, -0.2) is 0 Å². The lowest BCUT2D eigenvalue weighted by Crippen LogP contribution is -2.16. The summed E-state index contributed by atoms with van der Waals surface area (Å²) in [5.74, 6) is 0. The Morgan fingerprint density at radius 2 is 2.06 bits per heavy atom. The van der Waals surface area contributed by atoms with Crippen LogP contribution in [0.25, 0.3) is 0 Å². The summed E-state index contributed by atoms with van der Waals surface area (Å²) < 4.78 is 1.17. The molecule has 1 aromatic carbocycles. The molecule has 0 aliphatic carbocycles. The van der Waals surface area contributed by atoms with E-state index in [-0.39, 0.29) is 0 Å². The lowest BCUT2D eigenvalue weighted by Gasteiger charge is -2.05. The average molecular weight is 321 g/mol. The number of thiophene rings is 1. The van der Waals surface area contributed by atoms with Crippen molar-refractivity contribution in [3.05, 3.63) is 56.2 Å². The van der Waals surface area contributed by atoms with E-state index in [1.807, 2.05) is 24.3 Å². The van der Waals surface area contributed by atoms with E-state index in [1.165, 1.54) is 8.66 Å². The van der Waals surface area contributed by atoms with E-state index in [0.717, 1.165) is 30.6 Å². The molecule has 1 N–H and O–H groups in total. The van der Waals surface area contributed by atoms with Crippen LogP contribution in [-0.2, 0) is 13.0 Å². The molecule has 0 radical (unpaired) electrons. The number of benzene rings is 1. The number of halogens is 1. The highest BCUT2D eigenvalue weighted by Crippen LogP contribution is 2.22. The second kappa shape index (κ2) is 6.69. The first kappa shape index (κ1) is 13.3. The Morgan fingerprint density at radius 3 is 2.78 bits per heavy atom. The quantitative estimate of drug-likeness (QED) is 0.852. The maximum absolute atomic E-state index is 8.97. The van der Waals surface area contributed by atoms with Crippen LogP contribution in [-0.4, -0.2) is 6.54 Å². The summed E-state index contributed by atoms with van der Waals surface area (Å²) >= 11 is 5.22. The Kier molecular flexibility index (Phi) is 4.94. The Labute approximate surface area is 119 Å². The van der Waals surface area contributed by atoms with Crippen LogP contribution in [0.4, 0.5) is 0 Å². The predicted molar refractivity (Wildman–Crippen MR) is 78.6 cm³/mol. The van der Waals surface area contributed by atoms with Crippen molar-refractivity contribution in [2.24, 2.45) is 0 Å². The number of nitrogens with one attached hydrogen (secondary N) is 1. The first-order valence-corrected chi connectivity index (χ1v) is 7.33. The first-order valence-electron chi connectivity index (χ1n) is 5.72. The summed E-state index contributed by atoms with van der Waals surface area (Å²) in [6.45, 7) is 1.67. The smallest absolute Gasteiger partial charge is 0.0995 e. The standard InChI is InChI=1S/C14H13BrN2S/c15-14-6-5-13(18-14)7-8-17-10-12-4-2-1-3-11(12)9-16/h1-6,17H,7-8,10H2. The molecule has 92 valence electrons. The molecule has 0 saturated heterocycles. The van der Waals surface area contributed by atoms with Gasteiger partial charge < -0.3 is 5.32 Å². The predicted octanol–water partition coefficient (Wildman–Crippen LogP) is 3.71. The summed E-state index contributed by atoms with van der Waals surface area (Å²) in [7, 11) is 0. The third-order valence-corrected chi connectivity index (χ3v) is 4.31. The van der Waals surface area contributed by atoms with E-state index in [4.69, 9.17) is 5.26 Å². The second-order valence-corrected chi connectivity index (χ2v) is 6.45. The van der Waals surface area contributed by atoms with Gasteiger partial charge in [-0.3, -0.25) is 0 Å². The van der Waals surface area contributed by atoms with E-state index in [1.54, 1.807) is 11.3 Å². The Balaban J connectivity index is 1.80. The first-order chi connectivity index (χ1) is 8.79. The van der Waals surface area contributed by atoms with Crippen LogP contribution in [0.1, 0.15) is 16.0 Å². The van der Waals surface area contributed by atoms with Gasteiger partial charge in [0, 0.05) is 18.0 Å². The Hall–Kier alpha value is -1.15. The largest absolute Gasteiger partial charge is 0.312 e. The molecule has 18 heavy (non-hydrogen) atoms. The average Bonchev–Trinajstić information content (AvgIpc) is 2.81. The van der Waals surface area contributed by atoms with Crippen molar-refractivity contribution < 1.29 is 0 Å². The van der Waals surface area contributed by atoms with Crippen molar-refractivity contribution in [1.29, 1.82) is 5.26 Å². The maximum Gasteiger partial charge on any atom is 0.0995 e. The van der Waals surface area contributed by atoms with Gasteiger partial charge in [0.1, 0.15) is 0 Å². The highest BCUT2D eigenvalue weighted by molar-refractivity contribution is 9.11. The Morgan fingerprint density at radius 1 is 1.22 bits per heavy atom. The number of rotatable bonds is 5. The molecule has 0 spiro atoms. The summed E-state index contributed by atoms with van der Waals surface area (Å²) in [4.78, 5) is 1.36. The molecule has 2 aromatic rings. The van der Waals surface area contributed by atoms with E-state index in [2.05, 4.69) is 39.4 Å². The fourth-order valence-electron chi connectivity index (χ4n) is 1.70. The number of nitriles is 1. The van der Waals surface area contributed by atoms with Crippen LogP contribution in [0, 0.1) is 11.3 Å². The molecule has 0 fully saturated rings. The van der Waals surface area contributed by atoms with Crippen molar-refractivity contribution in [3.8, 4) is 6.07 Å². The molecular formula is C14H13BrN2S. The Bertz CT molecular complexity index is 557. The third-order valence-electron chi connectivity index (χ3n) is 2.63. The fraction of sp³-hybridized carbons (Fsp3) is 0.214. The van der Waals surface area contributed by atoms with Crippen LogP contribution in [0.3, 0.4) is 0 Å². The maximum atomic E-state index is 8.97.